The van der Waals surface area contributed by atoms with E-state index in [1.807, 2.05) is 0 Å². The summed E-state index contributed by atoms with van der Waals surface area (Å²) < 4.78 is 10.3. The Bertz CT molecular complexity index is 525. The van der Waals surface area contributed by atoms with Gasteiger partial charge in [-0.25, -0.2) is 0 Å². The molecule has 0 unspecified atom stereocenters. The van der Waals surface area contributed by atoms with Crippen LogP contribution in [-0.4, -0.2) is 36.7 Å². The average Bonchev–Trinajstić information content (AvgIpc) is 2.44. The Morgan fingerprint density at radius 3 is 2.43 bits per heavy atom. The zero-order chi connectivity index (χ0) is 16.0. The number of amides is 1. The molecule has 0 saturated carbocycles. The monoisotopic (exact) mass is 295 g/mol. The second kappa shape index (κ2) is 6.97. The van der Waals surface area contributed by atoms with E-state index in [0.29, 0.717) is 23.5 Å². The minimum atomic E-state index is -0.889. The molecule has 0 aliphatic rings. The number of carboxylic acids is 1. The van der Waals surface area contributed by atoms with E-state index in [1.165, 1.54) is 14.2 Å². The lowest BCUT2D eigenvalue weighted by Gasteiger charge is -2.26. The number of hydrogen-bond donors (Lipinski definition) is 2. The molecule has 0 saturated heterocycles. The van der Waals surface area contributed by atoms with Crippen molar-refractivity contribution < 1.29 is 24.2 Å². The van der Waals surface area contributed by atoms with Gasteiger partial charge < -0.3 is 19.9 Å². The number of carbonyl (C=O) groups is 2. The van der Waals surface area contributed by atoms with Gasteiger partial charge in [0.15, 0.2) is 0 Å². The summed E-state index contributed by atoms with van der Waals surface area (Å²) in [5, 5.41) is 11.5. The van der Waals surface area contributed by atoms with E-state index in [4.69, 9.17) is 14.6 Å². The van der Waals surface area contributed by atoms with Crippen LogP contribution in [0.3, 0.4) is 0 Å². The number of carboxylic acid groups (broad SMARTS) is 1. The van der Waals surface area contributed by atoms with Gasteiger partial charge in [-0.2, -0.15) is 0 Å². The van der Waals surface area contributed by atoms with Crippen LogP contribution >= 0.6 is 0 Å². The van der Waals surface area contributed by atoms with E-state index in [0.717, 1.165) is 0 Å². The van der Waals surface area contributed by atoms with Crippen molar-refractivity contribution in [3.63, 3.8) is 0 Å². The van der Waals surface area contributed by atoms with Gasteiger partial charge in [0.2, 0.25) is 0 Å². The zero-order valence-corrected chi connectivity index (χ0v) is 12.7. The van der Waals surface area contributed by atoms with Gasteiger partial charge in [0, 0.05) is 18.0 Å². The molecule has 6 heteroatoms. The highest BCUT2D eigenvalue weighted by Crippen LogP contribution is 2.25. The van der Waals surface area contributed by atoms with Gasteiger partial charge in [0.1, 0.15) is 11.5 Å². The number of benzene rings is 1. The van der Waals surface area contributed by atoms with Crippen molar-refractivity contribution >= 4 is 11.9 Å². The molecule has 0 bridgehead atoms. The van der Waals surface area contributed by atoms with Crippen molar-refractivity contribution in [1.29, 1.82) is 0 Å². The minimum absolute atomic E-state index is 0.00692. The predicted molar refractivity (Wildman–Crippen MR) is 78.0 cm³/mol. The standard InChI is InChI=1S/C15H21NO5/c1-15(2,8-7-13(17)18)16-14(19)11-6-5-10(20-3)9-12(11)21-4/h5-6,9H,7-8H2,1-4H3,(H,16,19)(H,17,18). The molecule has 1 aromatic rings. The highest BCUT2D eigenvalue weighted by atomic mass is 16.5. The smallest absolute Gasteiger partial charge is 0.303 e. The molecule has 0 spiro atoms. The molecular weight excluding hydrogens is 274 g/mol. The second-order valence-corrected chi connectivity index (χ2v) is 5.30. The summed E-state index contributed by atoms with van der Waals surface area (Å²) in [6.07, 6.45) is 0.333. The maximum Gasteiger partial charge on any atom is 0.303 e. The Morgan fingerprint density at radius 2 is 1.90 bits per heavy atom. The van der Waals surface area contributed by atoms with Gasteiger partial charge in [-0.05, 0) is 32.4 Å². The first-order valence-corrected chi connectivity index (χ1v) is 6.55. The maximum absolute atomic E-state index is 12.3. The normalized spacial score (nSPS) is 10.9. The molecule has 21 heavy (non-hydrogen) atoms. The first-order valence-electron chi connectivity index (χ1n) is 6.55. The van der Waals surface area contributed by atoms with Crippen molar-refractivity contribution in [2.45, 2.75) is 32.2 Å². The quantitative estimate of drug-likeness (QED) is 0.804. The minimum Gasteiger partial charge on any atom is -0.497 e. The SMILES string of the molecule is COc1ccc(C(=O)NC(C)(C)CCC(=O)O)c(OC)c1. The van der Waals surface area contributed by atoms with E-state index in [2.05, 4.69) is 5.32 Å². The third-order valence-corrected chi connectivity index (χ3v) is 3.07. The van der Waals surface area contributed by atoms with Crippen LogP contribution in [0.25, 0.3) is 0 Å². The van der Waals surface area contributed by atoms with Gasteiger partial charge in [-0.1, -0.05) is 0 Å². The van der Waals surface area contributed by atoms with Crippen molar-refractivity contribution in [1.82, 2.24) is 5.32 Å². The predicted octanol–water partition coefficient (Wildman–Crippen LogP) is 2.08. The van der Waals surface area contributed by atoms with Crippen LogP contribution in [0.5, 0.6) is 11.5 Å². The van der Waals surface area contributed by atoms with E-state index in [1.54, 1.807) is 32.0 Å². The fourth-order valence-corrected chi connectivity index (χ4v) is 1.84. The molecule has 0 aliphatic heterocycles. The number of rotatable bonds is 7. The van der Waals surface area contributed by atoms with Gasteiger partial charge in [0.25, 0.3) is 5.91 Å². The van der Waals surface area contributed by atoms with E-state index < -0.39 is 11.5 Å². The fourth-order valence-electron chi connectivity index (χ4n) is 1.84. The van der Waals surface area contributed by atoms with Crippen LogP contribution in [0.4, 0.5) is 0 Å². The summed E-state index contributed by atoms with van der Waals surface area (Å²) in [5.74, 6) is -0.210. The topological polar surface area (TPSA) is 84.9 Å². The molecule has 1 rings (SSSR count). The molecule has 0 aromatic heterocycles. The van der Waals surface area contributed by atoms with Gasteiger partial charge in [-0.3, -0.25) is 9.59 Å². The van der Waals surface area contributed by atoms with Crippen LogP contribution < -0.4 is 14.8 Å². The van der Waals surface area contributed by atoms with Crippen molar-refractivity contribution in [2.24, 2.45) is 0 Å². The lowest BCUT2D eigenvalue weighted by atomic mass is 9.97. The molecule has 0 atom stereocenters. The molecule has 0 aliphatic carbocycles. The first kappa shape index (κ1) is 16.8. The summed E-state index contributed by atoms with van der Waals surface area (Å²) >= 11 is 0. The third kappa shape index (κ3) is 4.98. The summed E-state index contributed by atoms with van der Waals surface area (Å²) in [4.78, 5) is 22.9. The lowest BCUT2D eigenvalue weighted by Crippen LogP contribution is -2.43. The van der Waals surface area contributed by atoms with Gasteiger partial charge in [-0.15, -0.1) is 0 Å². The number of hydrogen-bond acceptors (Lipinski definition) is 4. The Kier molecular flexibility index (Phi) is 5.58. The van der Waals surface area contributed by atoms with Crippen molar-refractivity contribution in [2.75, 3.05) is 14.2 Å². The van der Waals surface area contributed by atoms with Crippen LogP contribution in [0.2, 0.25) is 0 Å². The van der Waals surface area contributed by atoms with Crippen molar-refractivity contribution in [3.8, 4) is 11.5 Å². The molecule has 1 aromatic carbocycles. The van der Waals surface area contributed by atoms with E-state index in [-0.39, 0.29) is 12.3 Å². The van der Waals surface area contributed by atoms with Crippen molar-refractivity contribution in [3.05, 3.63) is 23.8 Å². The summed E-state index contributed by atoms with van der Waals surface area (Å²) in [6, 6.07) is 4.90. The molecule has 2 N–H and O–H groups in total. The molecule has 0 fully saturated rings. The molecular formula is C15H21NO5. The van der Waals surface area contributed by atoms with E-state index in [9.17, 15) is 9.59 Å². The highest BCUT2D eigenvalue weighted by molar-refractivity contribution is 5.97. The average molecular weight is 295 g/mol. The summed E-state index contributed by atoms with van der Waals surface area (Å²) in [7, 11) is 3.00. The van der Waals surface area contributed by atoms with Gasteiger partial charge in [0.05, 0.1) is 19.8 Å². The van der Waals surface area contributed by atoms with Crippen LogP contribution in [0, 0.1) is 0 Å². The van der Waals surface area contributed by atoms with Crippen LogP contribution in [0.1, 0.15) is 37.0 Å². The van der Waals surface area contributed by atoms with Gasteiger partial charge >= 0.3 is 5.97 Å². The Labute approximate surface area is 124 Å². The number of methoxy groups -OCH3 is 2. The Hall–Kier alpha value is -2.24. The lowest BCUT2D eigenvalue weighted by molar-refractivity contribution is -0.137. The largest absolute Gasteiger partial charge is 0.497 e. The van der Waals surface area contributed by atoms with Crippen LogP contribution in [-0.2, 0) is 4.79 Å². The zero-order valence-electron chi connectivity index (χ0n) is 12.7. The summed E-state index contributed by atoms with van der Waals surface area (Å²) in [5.41, 5.74) is -0.248. The second-order valence-electron chi connectivity index (χ2n) is 5.30. The summed E-state index contributed by atoms with van der Waals surface area (Å²) in [6.45, 7) is 3.56. The number of carbonyl (C=O) groups excluding carboxylic acids is 1. The molecule has 116 valence electrons. The molecule has 0 heterocycles. The fraction of sp³-hybridized carbons (Fsp3) is 0.467. The molecule has 6 nitrogen and oxygen atoms in total. The highest BCUT2D eigenvalue weighted by Gasteiger charge is 2.24. The molecule has 0 radical (unpaired) electrons. The first-order chi connectivity index (χ1) is 9.79. The number of ether oxygens (including phenoxy) is 2. The maximum atomic E-state index is 12.3. The number of aliphatic carboxylic acids is 1. The van der Waals surface area contributed by atoms with E-state index >= 15 is 0 Å². The Morgan fingerprint density at radius 1 is 1.24 bits per heavy atom. The number of nitrogens with one attached hydrogen (secondary N) is 1. The van der Waals surface area contributed by atoms with Crippen LogP contribution in [0.15, 0.2) is 18.2 Å². The third-order valence-electron chi connectivity index (χ3n) is 3.07. The molecule has 1 amide bonds. The Balaban J connectivity index is 2.86.